The normalized spacial score (nSPS) is 11.4. The van der Waals surface area contributed by atoms with Gasteiger partial charge in [0.1, 0.15) is 10.6 Å². The molecule has 2 aromatic rings. The molecule has 7 heteroatoms. The zero-order chi connectivity index (χ0) is 19.3. The van der Waals surface area contributed by atoms with E-state index in [-0.39, 0.29) is 29.6 Å². The number of methoxy groups -OCH3 is 1. The average Bonchev–Trinajstić information content (AvgIpc) is 2.65. The number of benzene rings is 2. The van der Waals surface area contributed by atoms with Crippen LogP contribution in [0.2, 0.25) is 0 Å². The number of amides is 1. The first-order valence-corrected chi connectivity index (χ1v) is 9.71. The zero-order valence-corrected chi connectivity index (χ0v) is 16.3. The number of aryl methyl sites for hydroxylation is 1. The fraction of sp³-hybridized carbons (Fsp3) is 0.316. The lowest BCUT2D eigenvalue weighted by molar-refractivity contribution is -0.118. The first-order valence-electron chi connectivity index (χ1n) is 8.27. The van der Waals surface area contributed by atoms with Crippen LogP contribution < -0.4 is 9.64 Å². The van der Waals surface area contributed by atoms with E-state index in [2.05, 4.69) is 0 Å². The molecule has 0 bridgehead atoms. The lowest BCUT2D eigenvalue weighted by atomic mass is 10.2. The molecule has 0 unspecified atom stereocenters. The van der Waals surface area contributed by atoms with Gasteiger partial charge in [-0.2, -0.15) is 4.31 Å². The van der Waals surface area contributed by atoms with Gasteiger partial charge in [-0.15, -0.1) is 0 Å². The minimum Gasteiger partial charge on any atom is -0.495 e. The number of likely N-dealkylation sites (N-methyl/N-ethyl adjacent to an activating group) is 2. The maximum absolute atomic E-state index is 13.1. The summed E-state index contributed by atoms with van der Waals surface area (Å²) in [4.78, 5) is 14.1. The monoisotopic (exact) mass is 376 g/mol. The van der Waals surface area contributed by atoms with Crippen LogP contribution in [-0.4, -0.2) is 45.9 Å². The van der Waals surface area contributed by atoms with Crippen molar-refractivity contribution >= 4 is 21.6 Å². The molecule has 0 aliphatic rings. The summed E-state index contributed by atoms with van der Waals surface area (Å²) in [6.45, 7) is 3.44. The van der Waals surface area contributed by atoms with Crippen molar-refractivity contribution in [1.82, 2.24) is 4.31 Å². The second-order valence-corrected chi connectivity index (χ2v) is 7.78. The molecule has 1 amide bonds. The van der Waals surface area contributed by atoms with Crippen LogP contribution in [0.15, 0.2) is 53.4 Å². The predicted octanol–water partition coefficient (Wildman–Crippen LogP) is 2.68. The Morgan fingerprint density at radius 2 is 1.77 bits per heavy atom. The van der Waals surface area contributed by atoms with Crippen molar-refractivity contribution in [1.29, 1.82) is 0 Å². The molecule has 0 aromatic heterocycles. The molecule has 6 nitrogen and oxygen atoms in total. The van der Waals surface area contributed by atoms with E-state index >= 15 is 0 Å². The van der Waals surface area contributed by atoms with Crippen molar-refractivity contribution in [3.8, 4) is 5.75 Å². The summed E-state index contributed by atoms with van der Waals surface area (Å²) in [5.74, 6) is -0.0499. The van der Waals surface area contributed by atoms with Gasteiger partial charge in [0.25, 0.3) is 0 Å². The Labute approximate surface area is 155 Å². The van der Waals surface area contributed by atoms with Crippen LogP contribution in [-0.2, 0) is 14.8 Å². The molecule has 0 fully saturated rings. The van der Waals surface area contributed by atoms with E-state index in [0.717, 1.165) is 9.87 Å². The molecular weight excluding hydrogens is 352 g/mol. The quantitative estimate of drug-likeness (QED) is 0.745. The van der Waals surface area contributed by atoms with E-state index < -0.39 is 10.0 Å². The second kappa shape index (κ2) is 8.33. The topological polar surface area (TPSA) is 66.9 Å². The third kappa shape index (κ3) is 4.23. The number of para-hydroxylation sites is 1. The van der Waals surface area contributed by atoms with Crippen LogP contribution in [0.25, 0.3) is 0 Å². The van der Waals surface area contributed by atoms with Crippen LogP contribution in [0.5, 0.6) is 5.75 Å². The number of sulfonamides is 1. The van der Waals surface area contributed by atoms with E-state index in [0.29, 0.717) is 5.69 Å². The lowest BCUT2D eigenvalue weighted by Crippen LogP contribution is -2.41. The highest BCUT2D eigenvalue weighted by Crippen LogP contribution is 2.27. The molecule has 0 radical (unpaired) electrons. The smallest absolute Gasteiger partial charge is 0.247 e. The van der Waals surface area contributed by atoms with E-state index in [1.54, 1.807) is 44.3 Å². The van der Waals surface area contributed by atoms with Crippen molar-refractivity contribution in [3.63, 3.8) is 0 Å². The number of carbonyl (C=O) groups excluding carboxylic acids is 1. The summed E-state index contributed by atoms with van der Waals surface area (Å²) >= 11 is 0. The highest BCUT2D eigenvalue weighted by Gasteiger charge is 2.29. The van der Waals surface area contributed by atoms with Gasteiger partial charge in [-0.05, 0) is 36.8 Å². The number of anilines is 1. The number of nitrogens with zero attached hydrogens (tertiary/aromatic N) is 2. The minimum atomic E-state index is -3.87. The van der Waals surface area contributed by atoms with E-state index in [9.17, 15) is 13.2 Å². The van der Waals surface area contributed by atoms with Crippen LogP contribution >= 0.6 is 0 Å². The number of carbonyl (C=O) groups is 1. The van der Waals surface area contributed by atoms with Crippen molar-refractivity contribution in [3.05, 3.63) is 54.1 Å². The highest BCUT2D eigenvalue weighted by molar-refractivity contribution is 7.89. The van der Waals surface area contributed by atoms with Crippen molar-refractivity contribution in [2.75, 3.05) is 32.1 Å². The molecule has 0 heterocycles. The lowest BCUT2D eigenvalue weighted by Gasteiger charge is -2.24. The van der Waals surface area contributed by atoms with Crippen LogP contribution in [0.4, 0.5) is 5.69 Å². The summed E-state index contributed by atoms with van der Waals surface area (Å²) in [5.41, 5.74) is 1.51. The van der Waals surface area contributed by atoms with Crippen LogP contribution in [0, 0.1) is 6.92 Å². The van der Waals surface area contributed by atoms with Gasteiger partial charge in [0.15, 0.2) is 0 Å². The Hall–Kier alpha value is -2.38. The van der Waals surface area contributed by atoms with Crippen molar-refractivity contribution < 1.29 is 17.9 Å². The summed E-state index contributed by atoms with van der Waals surface area (Å²) in [5, 5.41) is 0. The molecule has 2 aromatic carbocycles. The first kappa shape index (κ1) is 19.9. The van der Waals surface area contributed by atoms with Crippen molar-refractivity contribution in [2.24, 2.45) is 0 Å². The SMILES string of the molecule is CCN(CC(=O)N(C)c1ccccc1)S(=O)(=O)c1cc(C)ccc1OC. The molecule has 0 N–H and O–H groups in total. The number of rotatable bonds is 7. The van der Waals surface area contributed by atoms with E-state index in [1.807, 2.05) is 25.1 Å². The summed E-state index contributed by atoms with van der Waals surface area (Å²) in [7, 11) is -0.811. The Balaban J connectivity index is 2.30. The van der Waals surface area contributed by atoms with Gasteiger partial charge in [0, 0.05) is 19.3 Å². The Morgan fingerprint density at radius 3 is 2.35 bits per heavy atom. The van der Waals surface area contributed by atoms with E-state index in [4.69, 9.17) is 4.74 Å². The fourth-order valence-corrected chi connectivity index (χ4v) is 4.18. The third-order valence-electron chi connectivity index (χ3n) is 4.12. The fourth-order valence-electron chi connectivity index (χ4n) is 2.54. The third-order valence-corrected chi connectivity index (χ3v) is 6.06. The van der Waals surface area contributed by atoms with Crippen LogP contribution in [0.1, 0.15) is 12.5 Å². The number of hydrogen-bond donors (Lipinski definition) is 0. The molecule has 0 atom stereocenters. The van der Waals surface area contributed by atoms with Gasteiger partial charge in [0.05, 0.1) is 13.7 Å². The Bertz CT molecular complexity index is 866. The molecule has 0 saturated heterocycles. The maximum atomic E-state index is 13.1. The number of ether oxygens (including phenoxy) is 1. The Kier molecular flexibility index (Phi) is 6.39. The summed E-state index contributed by atoms with van der Waals surface area (Å²) in [6.07, 6.45) is 0. The summed E-state index contributed by atoms with van der Waals surface area (Å²) in [6, 6.07) is 14.1. The molecule has 2 rings (SSSR count). The zero-order valence-electron chi connectivity index (χ0n) is 15.5. The van der Waals surface area contributed by atoms with E-state index in [1.165, 1.54) is 12.0 Å². The number of hydrogen-bond acceptors (Lipinski definition) is 4. The second-order valence-electron chi connectivity index (χ2n) is 5.87. The molecule has 0 saturated carbocycles. The first-order chi connectivity index (χ1) is 12.3. The minimum absolute atomic E-state index is 0.0667. The van der Waals surface area contributed by atoms with Gasteiger partial charge < -0.3 is 9.64 Å². The summed E-state index contributed by atoms with van der Waals surface area (Å²) < 4.78 is 32.5. The van der Waals surface area contributed by atoms with Gasteiger partial charge in [-0.1, -0.05) is 31.2 Å². The van der Waals surface area contributed by atoms with Gasteiger partial charge in [-0.3, -0.25) is 4.79 Å². The highest BCUT2D eigenvalue weighted by atomic mass is 32.2. The predicted molar refractivity (Wildman–Crippen MR) is 102 cm³/mol. The molecular formula is C19H24N2O4S. The Morgan fingerprint density at radius 1 is 1.12 bits per heavy atom. The molecule has 0 aliphatic heterocycles. The maximum Gasteiger partial charge on any atom is 0.247 e. The average molecular weight is 376 g/mol. The molecule has 0 aliphatic carbocycles. The van der Waals surface area contributed by atoms with Gasteiger partial charge in [0.2, 0.25) is 15.9 Å². The largest absolute Gasteiger partial charge is 0.495 e. The van der Waals surface area contributed by atoms with Gasteiger partial charge in [-0.25, -0.2) is 8.42 Å². The standard InChI is InChI=1S/C19H24N2O4S/c1-5-21(14-19(22)20(3)16-9-7-6-8-10-16)26(23,24)18-13-15(2)11-12-17(18)25-4/h6-13H,5,14H2,1-4H3. The van der Waals surface area contributed by atoms with Crippen molar-refractivity contribution in [2.45, 2.75) is 18.7 Å². The molecule has 0 spiro atoms. The molecule has 26 heavy (non-hydrogen) atoms. The van der Waals surface area contributed by atoms with Crippen LogP contribution in [0.3, 0.4) is 0 Å². The molecule has 140 valence electrons. The van der Waals surface area contributed by atoms with Gasteiger partial charge >= 0.3 is 0 Å².